The van der Waals surface area contributed by atoms with E-state index in [0.29, 0.717) is 13.1 Å². The summed E-state index contributed by atoms with van der Waals surface area (Å²) in [4.78, 5) is 24.8. The highest BCUT2D eigenvalue weighted by atomic mass is 16.2. The third-order valence-electron chi connectivity index (χ3n) is 3.96. The second-order valence-corrected chi connectivity index (χ2v) is 5.87. The van der Waals surface area contributed by atoms with E-state index in [2.05, 4.69) is 29.6 Å². The van der Waals surface area contributed by atoms with Crippen LogP contribution in [0.15, 0.2) is 24.3 Å². The second-order valence-electron chi connectivity index (χ2n) is 5.87. The van der Waals surface area contributed by atoms with Gasteiger partial charge in [0.25, 0.3) is 0 Å². The van der Waals surface area contributed by atoms with Gasteiger partial charge < -0.3 is 16.0 Å². The zero-order chi connectivity index (χ0) is 15.4. The van der Waals surface area contributed by atoms with E-state index in [0.717, 1.165) is 18.4 Å². The van der Waals surface area contributed by atoms with Crippen molar-refractivity contribution >= 4 is 11.9 Å². The number of carbonyl (C=O) groups is 2. The van der Waals surface area contributed by atoms with Gasteiger partial charge in [0.1, 0.15) is 0 Å². The third kappa shape index (κ3) is 4.21. The minimum absolute atomic E-state index is 0.0190. The van der Waals surface area contributed by atoms with Gasteiger partial charge >= 0.3 is 6.03 Å². The van der Waals surface area contributed by atoms with Crippen molar-refractivity contribution in [3.63, 3.8) is 0 Å². The molecule has 0 spiro atoms. The second kappa shape index (κ2) is 6.61. The zero-order valence-electron chi connectivity index (χ0n) is 12.6. The normalized spacial score (nSPS) is 19.3. The number of nitrogens with two attached hydrogens (primary N) is 1. The number of likely N-dealkylation sites (tertiary alicyclic amines) is 1. The quantitative estimate of drug-likeness (QED) is 0.880. The molecule has 0 saturated carbocycles. The van der Waals surface area contributed by atoms with Gasteiger partial charge in [-0.1, -0.05) is 36.8 Å². The van der Waals surface area contributed by atoms with E-state index in [9.17, 15) is 9.59 Å². The van der Waals surface area contributed by atoms with Crippen LogP contribution >= 0.6 is 0 Å². The predicted octanol–water partition coefficient (Wildman–Crippen LogP) is 1.44. The Labute approximate surface area is 125 Å². The maximum Gasteiger partial charge on any atom is 0.314 e. The van der Waals surface area contributed by atoms with Crippen molar-refractivity contribution in [1.82, 2.24) is 10.2 Å². The van der Waals surface area contributed by atoms with Crippen LogP contribution in [0.1, 0.15) is 24.5 Å². The number of rotatable bonds is 4. The fourth-order valence-corrected chi connectivity index (χ4v) is 2.59. The van der Waals surface area contributed by atoms with Gasteiger partial charge in [-0.15, -0.1) is 0 Å². The summed E-state index contributed by atoms with van der Waals surface area (Å²) in [7, 11) is 0. The molecule has 0 radical (unpaired) electrons. The fraction of sp³-hybridized carbons (Fsp3) is 0.500. The summed E-state index contributed by atoms with van der Waals surface area (Å²) in [6.07, 6.45) is 1.49. The lowest BCUT2D eigenvalue weighted by Gasteiger charge is -2.17. The Morgan fingerprint density at radius 1 is 1.38 bits per heavy atom. The smallest absolute Gasteiger partial charge is 0.314 e. The van der Waals surface area contributed by atoms with Gasteiger partial charge in [-0.25, -0.2) is 4.79 Å². The lowest BCUT2D eigenvalue weighted by molar-refractivity contribution is -0.125. The Balaban J connectivity index is 1.83. The Bertz CT molecular complexity index is 513. The summed E-state index contributed by atoms with van der Waals surface area (Å²) in [5.41, 5.74) is 7.62. The van der Waals surface area contributed by atoms with Crippen molar-refractivity contribution in [2.24, 2.45) is 11.7 Å². The van der Waals surface area contributed by atoms with E-state index in [1.807, 2.05) is 13.8 Å². The van der Waals surface area contributed by atoms with Crippen molar-refractivity contribution in [1.29, 1.82) is 0 Å². The molecule has 0 unspecified atom stereocenters. The third-order valence-corrected chi connectivity index (χ3v) is 3.96. The molecule has 0 aromatic heterocycles. The molecule has 2 atom stereocenters. The van der Waals surface area contributed by atoms with Crippen molar-refractivity contribution in [3.8, 4) is 0 Å². The number of nitrogens with one attached hydrogen (secondary N) is 1. The van der Waals surface area contributed by atoms with Crippen LogP contribution in [0.25, 0.3) is 0 Å². The van der Waals surface area contributed by atoms with Gasteiger partial charge in [0.15, 0.2) is 0 Å². The van der Waals surface area contributed by atoms with E-state index in [1.54, 1.807) is 4.90 Å². The molecule has 114 valence electrons. The molecule has 21 heavy (non-hydrogen) atoms. The number of aryl methyl sites for hydroxylation is 1. The molecule has 2 rings (SSSR count). The molecule has 5 nitrogen and oxygen atoms in total. The number of hydrogen-bond donors (Lipinski definition) is 2. The summed E-state index contributed by atoms with van der Waals surface area (Å²) in [6.45, 7) is 5.10. The van der Waals surface area contributed by atoms with Crippen molar-refractivity contribution in [2.75, 3.05) is 13.1 Å². The van der Waals surface area contributed by atoms with Gasteiger partial charge in [0.2, 0.25) is 5.91 Å². The van der Waals surface area contributed by atoms with Gasteiger partial charge in [-0.3, -0.25) is 4.79 Å². The minimum atomic E-state index is -0.417. The summed E-state index contributed by atoms with van der Waals surface area (Å²) in [6, 6.07) is 7.83. The minimum Gasteiger partial charge on any atom is -0.351 e. The number of urea groups is 1. The number of hydrogen-bond acceptors (Lipinski definition) is 2. The van der Waals surface area contributed by atoms with E-state index >= 15 is 0 Å². The molecule has 0 bridgehead atoms. The van der Waals surface area contributed by atoms with Crippen LogP contribution in [0.3, 0.4) is 0 Å². The molecule has 1 aromatic carbocycles. The lowest BCUT2D eigenvalue weighted by Crippen LogP contribution is -2.42. The van der Waals surface area contributed by atoms with E-state index in [-0.39, 0.29) is 17.9 Å². The number of amides is 3. The predicted molar refractivity (Wildman–Crippen MR) is 81.8 cm³/mol. The largest absolute Gasteiger partial charge is 0.351 e. The van der Waals surface area contributed by atoms with Gasteiger partial charge in [-0.05, 0) is 25.3 Å². The van der Waals surface area contributed by atoms with Crippen LogP contribution in [0, 0.1) is 12.8 Å². The summed E-state index contributed by atoms with van der Waals surface area (Å²) >= 11 is 0. The maximum atomic E-state index is 12.2. The molecule has 3 amide bonds. The summed E-state index contributed by atoms with van der Waals surface area (Å²) in [5.74, 6) is -0.0535. The van der Waals surface area contributed by atoms with Crippen LogP contribution in [-0.4, -0.2) is 36.0 Å². The lowest BCUT2D eigenvalue weighted by atomic mass is 9.99. The first-order valence-corrected chi connectivity index (χ1v) is 7.36. The first kappa shape index (κ1) is 15.4. The Hall–Kier alpha value is -2.04. The van der Waals surface area contributed by atoms with Crippen LogP contribution in [0.5, 0.6) is 0 Å². The molecule has 0 aliphatic carbocycles. The number of benzene rings is 1. The summed E-state index contributed by atoms with van der Waals surface area (Å²) < 4.78 is 0. The van der Waals surface area contributed by atoms with Crippen LogP contribution < -0.4 is 11.1 Å². The maximum absolute atomic E-state index is 12.2. The molecular formula is C16H23N3O2. The molecular weight excluding hydrogens is 266 g/mol. The molecule has 5 heteroatoms. The number of carbonyl (C=O) groups excluding carboxylic acids is 2. The molecule has 1 aromatic rings. The molecule has 1 aliphatic rings. The molecule has 1 heterocycles. The molecule has 1 saturated heterocycles. The zero-order valence-corrected chi connectivity index (χ0v) is 12.6. The first-order valence-electron chi connectivity index (χ1n) is 7.36. The highest BCUT2D eigenvalue weighted by Gasteiger charge is 2.27. The van der Waals surface area contributed by atoms with Crippen LogP contribution in [0.2, 0.25) is 0 Å². The Morgan fingerprint density at radius 2 is 2.05 bits per heavy atom. The SMILES string of the molecule is Cc1ccc(C[C@@H](C)C(=O)N[C@H]2CCN(C(N)=O)C2)cc1. The Morgan fingerprint density at radius 3 is 2.62 bits per heavy atom. The monoisotopic (exact) mass is 289 g/mol. The number of primary amides is 1. The van der Waals surface area contributed by atoms with Gasteiger partial charge in [0.05, 0.1) is 0 Å². The highest BCUT2D eigenvalue weighted by molar-refractivity contribution is 5.79. The van der Waals surface area contributed by atoms with Crippen molar-refractivity contribution in [3.05, 3.63) is 35.4 Å². The van der Waals surface area contributed by atoms with Crippen LogP contribution in [0.4, 0.5) is 4.79 Å². The van der Waals surface area contributed by atoms with Crippen molar-refractivity contribution in [2.45, 2.75) is 32.7 Å². The Kier molecular flexibility index (Phi) is 4.83. The number of nitrogens with zero attached hydrogens (tertiary/aromatic N) is 1. The standard InChI is InChI=1S/C16H23N3O2/c1-11-3-5-13(6-4-11)9-12(2)15(20)18-14-7-8-19(10-14)16(17)21/h3-6,12,14H,7-10H2,1-2H3,(H2,17,21)(H,18,20)/t12-,14+/m1/s1. The molecule has 1 fully saturated rings. The fourth-order valence-electron chi connectivity index (χ4n) is 2.59. The topological polar surface area (TPSA) is 75.4 Å². The van der Waals surface area contributed by atoms with Gasteiger partial charge in [0, 0.05) is 25.0 Å². The van der Waals surface area contributed by atoms with Crippen LogP contribution in [-0.2, 0) is 11.2 Å². The average molecular weight is 289 g/mol. The van der Waals surface area contributed by atoms with E-state index < -0.39 is 6.03 Å². The van der Waals surface area contributed by atoms with E-state index in [4.69, 9.17) is 5.73 Å². The molecule has 3 N–H and O–H groups in total. The van der Waals surface area contributed by atoms with Crippen molar-refractivity contribution < 1.29 is 9.59 Å². The molecule has 1 aliphatic heterocycles. The average Bonchev–Trinajstić information content (AvgIpc) is 2.90. The first-order chi connectivity index (χ1) is 9.95. The highest BCUT2D eigenvalue weighted by Crippen LogP contribution is 2.13. The summed E-state index contributed by atoms with van der Waals surface area (Å²) in [5, 5.41) is 3.01. The van der Waals surface area contributed by atoms with Gasteiger partial charge in [-0.2, -0.15) is 0 Å². The van der Waals surface area contributed by atoms with E-state index in [1.165, 1.54) is 5.56 Å².